The predicted molar refractivity (Wildman–Crippen MR) is 155 cm³/mol. The van der Waals surface area contributed by atoms with Gasteiger partial charge in [0.25, 0.3) is 0 Å². The van der Waals surface area contributed by atoms with E-state index in [1.54, 1.807) is 0 Å². The highest BCUT2D eigenvalue weighted by Crippen LogP contribution is 2.34. The Labute approximate surface area is 224 Å². The number of hydrogen-bond acceptors (Lipinski definition) is 3. The van der Waals surface area contributed by atoms with Crippen molar-refractivity contribution in [2.75, 3.05) is 19.8 Å². The number of nitrogens with zero attached hydrogens (tertiary/aromatic N) is 1. The van der Waals surface area contributed by atoms with E-state index in [1.165, 1.54) is 79.2 Å². The van der Waals surface area contributed by atoms with Gasteiger partial charge >= 0.3 is 0 Å². The van der Waals surface area contributed by atoms with Gasteiger partial charge in [-0.15, -0.1) is 0 Å². The Balaban J connectivity index is 1.14. The van der Waals surface area contributed by atoms with Crippen LogP contribution in [0.2, 0.25) is 0 Å². The van der Waals surface area contributed by atoms with Crippen molar-refractivity contribution in [3.63, 3.8) is 0 Å². The summed E-state index contributed by atoms with van der Waals surface area (Å²) < 4.78 is 11.8. The van der Waals surface area contributed by atoms with Crippen molar-refractivity contribution in [1.29, 1.82) is 0 Å². The fraction of sp³-hybridized carbons (Fsp3) is 0.500. The lowest BCUT2D eigenvalue weighted by atomic mass is 9.83. The molecule has 37 heavy (non-hydrogen) atoms. The highest BCUT2D eigenvalue weighted by molar-refractivity contribution is 5.69. The Bertz CT molecular complexity index is 1020. The fourth-order valence-electron chi connectivity index (χ4n) is 5.22. The molecule has 2 aromatic carbocycles. The minimum atomic E-state index is 0.438. The topological polar surface area (TPSA) is 31.4 Å². The van der Waals surface area contributed by atoms with Crippen molar-refractivity contribution in [3.8, 4) is 22.4 Å². The number of unbranched alkanes of at least 4 members (excludes halogenated alkanes) is 4. The number of benzene rings is 2. The molecule has 1 saturated carbocycles. The molecule has 3 nitrogen and oxygen atoms in total. The minimum Gasteiger partial charge on any atom is -0.381 e. The number of pyridine rings is 1. The van der Waals surface area contributed by atoms with Gasteiger partial charge in [0.05, 0.1) is 11.8 Å². The smallest absolute Gasteiger partial charge is 0.0702 e. The van der Waals surface area contributed by atoms with Crippen LogP contribution in [0.15, 0.2) is 66.9 Å². The van der Waals surface area contributed by atoms with E-state index in [0.29, 0.717) is 12.0 Å². The molecule has 4 rings (SSSR count). The lowest BCUT2D eigenvalue weighted by molar-refractivity contribution is 0.0223. The zero-order chi connectivity index (χ0) is 25.7. The molecule has 0 saturated heterocycles. The van der Waals surface area contributed by atoms with Crippen LogP contribution in [-0.4, -0.2) is 30.9 Å². The Kier molecular flexibility index (Phi) is 11.2. The number of hydrogen-bond donors (Lipinski definition) is 0. The van der Waals surface area contributed by atoms with Crippen molar-refractivity contribution >= 4 is 0 Å². The van der Waals surface area contributed by atoms with E-state index in [9.17, 15) is 0 Å². The number of aromatic nitrogens is 1. The zero-order valence-electron chi connectivity index (χ0n) is 23.0. The summed E-state index contributed by atoms with van der Waals surface area (Å²) in [5, 5.41) is 0. The molecular formula is C34H45NO2. The number of aryl methyl sites for hydroxylation is 1. The quantitative estimate of drug-likeness (QED) is 0.207. The molecule has 3 heteroatoms. The van der Waals surface area contributed by atoms with Crippen LogP contribution in [0.25, 0.3) is 22.4 Å². The maximum absolute atomic E-state index is 6.20. The van der Waals surface area contributed by atoms with Gasteiger partial charge in [-0.3, -0.25) is 4.98 Å². The average Bonchev–Trinajstić information content (AvgIpc) is 2.95. The van der Waals surface area contributed by atoms with E-state index in [2.05, 4.69) is 80.7 Å². The van der Waals surface area contributed by atoms with Gasteiger partial charge in [0.1, 0.15) is 0 Å². The molecule has 1 fully saturated rings. The van der Waals surface area contributed by atoms with Crippen LogP contribution in [0, 0.1) is 6.92 Å². The van der Waals surface area contributed by atoms with Crippen molar-refractivity contribution in [1.82, 2.24) is 4.98 Å². The van der Waals surface area contributed by atoms with Crippen molar-refractivity contribution < 1.29 is 9.47 Å². The Morgan fingerprint density at radius 2 is 1.30 bits per heavy atom. The zero-order valence-corrected chi connectivity index (χ0v) is 23.0. The molecule has 0 unspecified atom stereocenters. The van der Waals surface area contributed by atoms with Gasteiger partial charge in [0.15, 0.2) is 0 Å². The molecule has 1 heterocycles. The molecule has 1 aromatic heterocycles. The maximum Gasteiger partial charge on any atom is 0.0702 e. The second-order valence-electron chi connectivity index (χ2n) is 10.6. The molecule has 0 spiro atoms. The van der Waals surface area contributed by atoms with Crippen LogP contribution in [0.3, 0.4) is 0 Å². The Hall–Kier alpha value is -2.49. The molecule has 0 bridgehead atoms. The summed E-state index contributed by atoms with van der Waals surface area (Å²) in [4.78, 5) is 4.82. The van der Waals surface area contributed by atoms with Crippen LogP contribution < -0.4 is 0 Å². The van der Waals surface area contributed by atoms with Crippen LogP contribution in [-0.2, 0) is 9.47 Å². The van der Waals surface area contributed by atoms with Crippen LogP contribution in [0.4, 0.5) is 0 Å². The second-order valence-corrected chi connectivity index (χ2v) is 10.6. The van der Waals surface area contributed by atoms with E-state index < -0.39 is 0 Å². The standard InChI is InChI=1S/C34H45NO2/c1-3-4-23-36-24-7-5-6-8-25-37-33-20-17-30(18-21-33)32-19-22-34(35-26-32)31-15-13-29(14-16-31)28-11-9-27(2)10-12-28/h9-16,19,22,26,30,33H,3-8,17-18,20-21,23-25H2,1-2H3. The van der Waals surface area contributed by atoms with Gasteiger partial charge < -0.3 is 9.47 Å². The van der Waals surface area contributed by atoms with Gasteiger partial charge in [-0.1, -0.05) is 86.3 Å². The summed E-state index contributed by atoms with van der Waals surface area (Å²) in [5.74, 6) is 0.609. The third-order valence-corrected chi connectivity index (χ3v) is 7.68. The lowest BCUT2D eigenvalue weighted by Crippen LogP contribution is -2.21. The van der Waals surface area contributed by atoms with E-state index in [-0.39, 0.29) is 0 Å². The summed E-state index contributed by atoms with van der Waals surface area (Å²) in [6, 6.07) is 21.9. The highest BCUT2D eigenvalue weighted by atomic mass is 16.5. The largest absolute Gasteiger partial charge is 0.381 e. The van der Waals surface area contributed by atoms with Gasteiger partial charge in [-0.05, 0) is 80.5 Å². The van der Waals surface area contributed by atoms with Crippen LogP contribution >= 0.6 is 0 Å². The highest BCUT2D eigenvalue weighted by Gasteiger charge is 2.23. The van der Waals surface area contributed by atoms with Gasteiger partial charge in [0.2, 0.25) is 0 Å². The normalized spacial score (nSPS) is 17.7. The van der Waals surface area contributed by atoms with Crippen LogP contribution in [0.5, 0.6) is 0 Å². The van der Waals surface area contributed by atoms with E-state index in [0.717, 1.165) is 38.4 Å². The average molecular weight is 500 g/mol. The van der Waals surface area contributed by atoms with E-state index >= 15 is 0 Å². The molecule has 0 aliphatic heterocycles. The molecule has 0 N–H and O–H groups in total. The first-order valence-electron chi connectivity index (χ1n) is 14.6. The van der Waals surface area contributed by atoms with E-state index in [1.807, 2.05) is 0 Å². The van der Waals surface area contributed by atoms with Crippen LogP contribution in [0.1, 0.15) is 88.2 Å². The maximum atomic E-state index is 6.20. The molecule has 0 atom stereocenters. The summed E-state index contributed by atoms with van der Waals surface area (Å²) in [7, 11) is 0. The van der Waals surface area contributed by atoms with Crippen molar-refractivity contribution in [3.05, 3.63) is 78.0 Å². The first-order chi connectivity index (χ1) is 18.2. The molecule has 0 radical (unpaired) electrons. The molecule has 1 aliphatic rings. The Morgan fingerprint density at radius 1 is 0.676 bits per heavy atom. The molecule has 1 aliphatic carbocycles. The first kappa shape index (κ1) is 27.5. The third-order valence-electron chi connectivity index (χ3n) is 7.68. The SMILES string of the molecule is CCCCOCCCCCCOC1CCC(c2ccc(-c3ccc(-c4ccc(C)cc4)cc3)nc2)CC1. The van der Waals surface area contributed by atoms with Gasteiger partial charge in [-0.25, -0.2) is 0 Å². The number of rotatable bonds is 14. The third kappa shape index (κ3) is 8.79. The minimum absolute atomic E-state index is 0.438. The summed E-state index contributed by atoms with van der Waals surface area (Å²) in [6.07, 6.45) is 14.5. The summed E-state index contributed by atoms with van der Waals surface area (Å²) in [6.45, 7) is 7.08. The second kappa shape index (κ2) is 15.1. The predicted octanol–water partition coefficient (Wildman–Crippen LogP) is 9.14. The lowest BCUT2D eigenvalue weighted by Gasteiger charge is -2.28. The molecule has 198 valence electrons. The van der Waals surface area contributed by atoms with Gasteiger partial charge in [0, 0.05) is 31.6 Å². The molecule has 3 aromatic rings. The Morgan fingerprint density at radius 3 is 1.95 bits per heavy atom. The monoisotopic (exact) mass is 499 g/mol. The molecular weight excluding hydrogens is 454 g/mol. The summed E-state index contributed by atoms with van der Waals surface area (Å²) >= 11 is 0. The van der Waals surface area contributed by atoms with E-state index in [4.69, 9.17) is 14.5 Å². The fourth-order valence-corrected chi connectivity index (χ4v) is 5.22. The van der Waals surface area contributed by atoms with Gasteiger partial charge in [-0.2, -0.15) is 0 Å². The first-order valence-corrected chi connectivity index (χ1v) is 14.6. The van der Waals surface area contributed by atoms with Crippen molar-refractivity contribution in [2.45, 2.75) is 90.1 Å². The number of ether oxygens (including phenoxy) is 2. The van der Waals surface area contributed by atoms with Crippen molar-refractivity contribution in [2.24, 2.45) is 0 Å². The molecule has 0 amide bonds. The summed E-state index contributed by atoms with van der Waals surface area (Å²) in [5.41, 5.74) is 7.37.